The van der Waals surface area contributed by atoms with Crippen LogP contribution in [0.3, 0.4) is 0 Å². The lowest BCUT2D eigenvalue weighted by Crippen LogP contribution is -2.26. The van der Waals surface area contributed by atoms with Gasteiger partial charge in [0.05, 0.1) is 22.6 Å². The van der Waals surface area contributed by atoms with E-state index in [9.17, 15) is 19.2 Å². The first-order chi connectivity index (χ1) is 15.9. The Morgan fingerprint density at radius 2 is 1.97 bits per heavy atom. The smallest absolute Gasteiger partial charge is 0.349 e. The lowest BCUT2D eigenvalue weighted by molar-refractivity contribution is -0.119. The number of esters is 1. The van der Waals surface area contributed by atoms with Gasteiger partial charge in [-0.3, -0.25) is 14.4 Å². The van der Waals surface area contributed by atoms with E-state index in [1.807, 2.05) is 0 Å². The van der Waals surface area contributed by atoms with Crippen LogP contribution in [0, 0.1) is 6.92 Å². The van der Waals surface area contributed by atoms with Gasteiger partial charge < -0.3 is 24.7 Å². The average molecular weight is 468 g/mol. The van der Waals surface area contributed by atoms with E-state index in [0.717, 1.165) is 17.8 Å². The van der Waals surface area contributed by atoms with Crippen molar-refractivity contribution in [2.24, 2.45) is 0 Å². The third-order valence-electron chi connectivity index (χ3n) is 4.96. The molecule has 4 rings (SSSR count). The van der Waals surface area contributed by atoms with Crippen molar-refractivity contribution in [3.8, 4) is 0 Å². The van der Waals surface area contributed by atoms with Gasteiger partial charge in [0.25, 0.3) is 11.8 Å². The zero-order valence-corrected chi connectivity index (χ0v) is 18.6. The van der Waals surface area contributed by atoms with Crippen LogP contribution in [-0.2, 0) is 14.3 Å². The largest absolute Gasteiger partial charge is 0.459 e. The van der Waals surface area contributed by atoms with Crippen molar-refractivity contribution in [2.45, 2.75) is 19.8 Å². The number of hydrogen-bond donors (Lipinski definition) is 2. The van der Waals surface area contributed by atoms with Crippen LogP contribution < -0.4 is 15.5 Å². The second-order valence-electron chi connectivity index (χ2n) is 7.34. The molecule has 0 atom stereocenters. The van der Waals surface area contributed by atoms with E-state index in [0.29, 0.717) is 34.9 Å². The van der Waals surface area contributed by atoms with Crippen LogP contribution in [-0.4, -0.2) is 36.8 Å². The Bertz CT molecular complexity index is 1200. The van der Waals surface area contributed by atoms with Crippen molar-refractivity contribution in [2.75, 3.05) is 28.7 Å². The summed E-state index contributed by atoms with van der Waals surface area (Å²) >= 11 is 1.04. The molecular weight excluding hydrogens is 446 g/mol. The molecule has 0 aliphatic carbocycles. The first-order valence-electron chi connectivity index (χ1n) is 10.2. The molecule has 170 valence electrons. The number of anilines is 3. The number of nitrogens with zero attached hydrogens (tertiary/aromatic N) is 1. The molecule has 0 saturated carbocycles. The van der Waals surface area contributed by atoms with Crippen molar-refractivity contribution >= 4 is 51.4 Å². The molecule has 33 heavy (non-hydrogen) atoms. The number of hydrogen-bond acceptors (Lipinski definition) is 7. The molecule has 1 aliphatic rings. The van der Waals surface area contributed by atoms with E-state index in [1.165, 1.54) is 12.3 Å². The monoisotopic (exact) mass is 467 g/mol. The highest BCUT2D eigenvalue weighted by Crippen LogP contribution is 2.30. The van der Waals surface area contributed by atoms with Gasteiger partial charge in [0, 0.05) is 13.0 Å². The number of thiophene rings is 1. The molecule has 10 heteroatoms. The number of furan rings is 1. The Kier molecular flexibility index (Phi) is 6.55. The topological polar surface area (TPSA) is 118 Å². The van der Waals surface area contributed by atoms with Crippen LogP contribution in [0.2, 0.25) is 0 Å². The summed E-state index contributed by atoms with van der Waals surface area (Å²) in [6, 6.07) is 11.8. The van der Waals surface area contributed by atoms with Gasteiger partial charge in [-0.25, -0.2) is 4.79 Å². The summed E-state index contributed by atoms with van der Waals surface area (Å²) in [5.74, 6) is -1.48. The molecule has 2 N–H and O–H groups in total. The first-order valence-corrected chi connectivity index (χ1v) is 11.1. The number of aryl methyl sites for hydroxylation is 1. The van der Waals surface area contributed by atoms with Gasteiger partial charge in [-0.1, -0.05) is 12.1 Å². The summed E-state index contributed by atoms with van der Waals surface area (Å²) < 4.78 is 10.2. The Morgan fingerprint density at radius 3 is 2.70 bits per heavy atom. The quantitative estimate of drug-likeness (QED) is 0.510. The molecule has 1 saturated heterocycles. The summed E-state index contributed by atoms with van der Waals surface area (Å²) in [6.07, 6.45) is 2.64. The maximum absolute atomic E-state index is 12.5. The van der Waals surface area contributed by atoms with Gasteiger partial charge >= 0.3 is 5.97 Å². The van der Waals surface area contributed by atoms with Gasteiger partial charge in [-0.2, -0.15) is 0 Å². The van der Waals surface area contributed by atoms with Crippen LogP contribution >= 0.6 is 11.3 Å². The molecule has 1 fully saturated rings. The molecular formula is C23H21N3O6S. The summed E-state index contributed by atoms with van der Waals surface area (Å²) in [5, 5.41) is 5.82. The fraction of sp³-hybridized carbons (Fsp3) is 0.217. The van der Waals surface area contributed by atoms with Crippen molar-refractivity contribution in [1.82, 2.24) is 0 Å². The molecule has 3 amide bonds. The second kappa shape index (κ2) is 9.70. The molecule has 0 bridgehead atoms. The van der Waals surface area contributed by atoms with Crippen LogP contribution in [0.5, 0.6) is 0 Å². The zero-order valence-electron chi connectivity index (χ0n) is 17.8. The molecule has 1 aliphatic heterocycles. The highest BCUT2D eigenvalue weighted by atomic mass is 32.1. The minimum absolute atomic E-state index is 0.00578. The molecule has 9 nitrogen and oxygen atoms in total. The predicted octanol–water partition coefficient (Wildman–Crippen LogP) is 3.82. The highest BCUT2D eigenvalue weighted by molar-refractivity contribution is 7.18. The van der Waals surface area contributed by atoms with Crippen LogP contribution in [0.25, 0.3) is 0 Å². The Morgan fingerprint density at radius 1 is 1.15 bits per heavy atom. The molecule has 2 aromatic heterocycles. The number of rotatable bonds is 7. The number of carbonyl (C=O) groups excluding carboxylic acids is 4. The minimum Gasteiger partial charge on any atom is -0.459 e. The highest BCUT2D eigenvalue weighted by Gasteiger charge is 2.24. The molecule has 0 spiro atoms. The minimum atomic E-state index is -0.672. The summed E-state index contributed by atoms with van der Waals surface area (Å²) in [4.78, 5) is 51.0. The second-order valence-corrected chi connectivity index (χ2v) is 8.40. The predicted molar refractivity (Wildman–Crippen MR) is 123 cm³/mol. The molecule has 3 heterocycles. The number of amides is 3. The fourth-order valence-corrected chi connectivity index (χ4v) is 4.39. The molecule has 0 unspecified atom stereocenters. The average Bonchev–Trinajstić information content (AvgIpc) is 3.54. The van der Waals surface area contributed by atoms with E-state index in [4.69, 9.17) is 9.15 Å². The maximum Gasteiger partial charge on any atom is 0.349 e. The van der Waals surface area contributed by atoms with Crippen molar-refractivity contribution in [3.05, 3.63) is 64.9 Å². The van der Waals surface area contributed by atoms with Crippen LogP contribution in [0.15, 0.2) is 53.1 Å². The van der Waals surface area contributed by atoms with Crippen molar-refractivity contribution < 1.29 is 28.3 Å². The van der Waals surface area contributed by atoms with Crippen LogP contribution in [0.1, 0.15) is 38.6 Å². The van der Waals surface area contributed by atoms with E-state index in [2.05, 4.69) is 10.6 Å². The number of para-hydroxylation sites is 2. The third-order valence-corrected chi connectivity index (χ3v) is 6.09. The van der Waals surface area contributed by atoms with Gasteiger partial charge in [-0.05, 0) is 49.2 Å². The van der Waals surface area contributed by atoms with Gasteiger partial charge in [0.2, 0.25) is 5.91 Å². The van der Waals surface area contributed by atoms with Crippen molar-refractivity contribution in [3.63, 3.8) is 0 Å². The lowest BCUT2D eigenvalue weighted by Gasteiger charge is -2.19. The number of nitrogens with one attached hydrogen (secondary N) is 2. The fourth-order valence-electron chi connectivity index (χ4n) is 3.43. The maximum atomic E-state index is 12.5. The van der Waals surface area contributed by atoms with E-state index >= 15 is 0 Å². The lowest BCUT2D eigenvalue weighted by atomic mass is 10.2. The zero-order chi connectivity index (χ0) is 23.4. The van der Waals surface area contributed by atoms with E-state index in [-0.39, 0.29) is 16.5 Å². The normalized spacial score (nSPS) is 13.1. The Labute approximate surface area is 193 Å². The molecule has 1 aromatic carbocycles. The van der Waals surface area contributed by atoms with Gasteiger partial charge in [0.15, 0.2) is 12.4 Å². The van der Waals surface area contributed by atoms with Gasteiger partial charge in [0.1, 0.15) is 4.88 Å². The summed E-state index contributed by atoms with van der Waals surface area (Å²) in [7, 11) is 0. The SMILES string of the molecule is Cc1cc(NC(=O)c2ccco2)sc1C(=O)OCC(=O)Nc1ccccc1N1CCCC1=O. The Hall–Kier alpha value is -3.92. The summed E-state index contributed by atoms with van der Waals surface area (Å²) in [6.45, 7) is 1.81. The summed E-state index contributed by atoms with van der Waals surface area (Å²) in [5.41, 5.74) is 1.70. The number of benzene rings is 1. The third kappa shape index (κ3) is 5.12. The standard InChI is InChI=1S/C23H21N3O6S/c1-14-12-19(25-22(29)17-8-5-11-31-17)33-21(14)23(30)32-13-18(27)24-15-6-2-3-7-16(15)26-10-4-9-20(26)28/h2-3,5-8,11-12H,4,9-10,13H2,1H3,(H,24,27)(H,25,29). The molecule has 3 aromatic rings. The first kappa shape index (κ1) is 22.3. The Balaban J connectivity index is 1.35. The number of ether oxygens (including phenoxy) is 1. The number of carbonyl (C=O) groups is 4. The van der Waals surface area contributed by atoms with Crippen molar-refractivity contribution in [1.29, 1.82) is 0 Å². The van der Waals surface area contributed by atoms with E-state index < -0.39 is 24.4 Å². The van der Waals surface area contributed by atoms with E-state index in [1.54, 1.807) is 48.2 Å². The van der Waals surface area contributed by atoms with Gasteiger partial charge in [-0.15, -0.1) is 11.3 Å². The molecule has 0 radical (unpaired) electrons. The van der Waals surface area contributed by atoms with Crippen LogP contribution in [0.4, 0.5) is 16.4 Å².